The standard InChI is InChI=1S/C20H33N3O5/c1-2-28-17(24)6-9-21-19(26)23-14-16(18(25)22-10-4-3-5-11-22)20(15-23)7-12-27-13-8-20/h16H,2-15H2,1H3,(H,21,26)/t16-/m0/s1. The van der Waals surface area contributed by atoms with E-state index in [0.29, 0.717) is 32.9 Å². The molecule has 158 valence electrons. The summed E-state index contributed by atoms with van der Waals surface area (Å²) in [6, 6.07) is -0.205. The predicted molar refractivity (Wildman–Crippen MR) is 103 cm³/mol. The quantitative estimate of drug-likeness (QED) is 0.711. The van der Waals surface area contributed by atoms with Gasteiger partial charge in [-0.05, 0) is 39.0 Å². The summed E-state index contributed by atoms with van der Waals surface area (Å²) in [5, 5.41) is 2.80. The first-order chi connectivity index (χ1) is 13.6. The summed E-state index contributed by atoms with van der Waals surface area (Å²) >= 11 is 0. The summed E-state index contributed by atoms with van der Waals surface area (Å²) in [5.74, 6) is -0.281. The Morgan fingerprint density at radius 3 is 2.50 bits per heavy atom. The third-order valence-corrected chi connectivity index (χ3v) is 6.30. The lowest BCUT2D eigenvalue weighted by atomic mass is 9.71. The van der Waals surface area contributed by atoms with Crippen molar-refractivity contribution >= 4 is 17.9 Å². The molecular formula is C20H33N3O5. The molecule has 0 bridgehead atoms. The summed E-state index contributed by atoms with van der Waals surface area (Å²) in [5.41, 5.74) is -0.189. The largest absolute Gasteiger partial charge is 0.466 e. The number of hydrogen-bond acceptors (Lipinski definition) is 5. The number of rotatable bonds is 5. The van der Waals surface area contributed by atoms with Crippen LogP contribution in [0.25, 0.3) is 0 Å². The zero-order valence-electron chi connectivity index (χ0n) is 16.9. The van der Waals surface area contributed by atoms with E-state index in [2.05, 4.69) is 5.32 Å². The summed E-state index contributed by atoms with van der Waals surface area (Å²) in [7, 11) is 0. The molecular weight excluding hydrogens is 362 g/mol. The zero-order chi connectivity index (χ0) is 20.0. The van der Waals surface area contributed by atoms with Crippen molar-refractivity contribution in [2.75, 3.05) is 52.5 Å². The second-order valence-electron chi connectivity index (χ2n) is 8.08. The van der Waals surface area contributed by atoms with Crippen molar-refractivity contribution in [3.63, 3.8) is 0 Å². The topological polar surface area (TPSA) is 88.2 Å². The molecule has 8 heteroatoms. The molecule has 1 spiro atoms. The van der Waals surface area contributed by atoms with E-state index in [1.54, 1.807) is 11.8 Å². The molecule has 0 aliphatic carbocycles. The van der Waals surface area contributed by atoms with Crippen LogP contribution >= 0.6 is 0 Å². The highest BCUT2D eigenvalue weighted by atomic mass is 16.5. The molecule has 8 nitrogen and oxygen atoms in total. The summed E-state index contributed by atoms with van der Waals surface area (Å²) < 4.78 is 10.4. The molecule has 3 aliphatic rings. The minimum Gasteiger partial charge on any atom is -0.466 e. The second-order valence-corrected chi connectivity index (χ2v) is 8.08. The lowest BCUT2D eigenvalue weighted by molar-refractivity contribution is -0.143. The van der Waals surface area contributed by atoms with Gasteiger partial charge in [-0.1, -0.05) is 0 Å². The maximum atomic E-state index is 13.3. The molecule has 3 saturated heterocycles. The van der Waals surface area contributed by atoms with Crippen LogP contribution in [-0.2, 0) is 19.1 Å². The van der Waals surface area contributed by atoms with Gasteiger partial charge in [-0.15, -0.1) is 0 Å². The Bertz CT molecular complexity index is 570. The van der Waals surface area contributed by atoms with Gasteiger partial charge in [0, 0.05) is 51.4 Å². The molecule has 0 radical (unpaired) electrons. The molecule has 1 N–H and O–H groups in total. The van der Waals surface area contributed by atoms with Crippen LogP contribution in [0, 0.1) is 11.3 Å². The zero-order valence-corrected chi connectivity index (χ0v) is 16.9. The van der Waals surface area contributed by atoms with Crippen molar-refractivity contribution in [3.05, 3.63) is 0 Å². The fourth-order valence-corrected chi connectivity index (χ4v) is 4.70. The molecule has 3 rings (SSSR count). The Morgan fingerprint density at radius 2 is 1.82 bits per heavy atom. The molecule has 0 saturated carbocycles. The highest BCUT2D eigenvalue weighted by molar-refractivity contribution is 5.83. The van der Waals surface area contributed by atoms with E-state index >= 15 is 0 Å². The van der Waals surface area contributed by atoms with Crippen LogP contribution in [0.3, 0.4) is 0 Å². The number of likely N-dealkylation sites (tertiary alicyclic amines) is 2. The number of nitrogens with one attached hydrogen (secondary N) is 1. The first-order valence-electron chi connectivity index (χ1n) is 10.6. The van der Waals surface area contributed by atoms with E-state index in [9.17, 15) is 14.4 Å². The Labute approximate surface area is 166 Å². The first kappa shape index (κ1) is 20.9. The smallest absolute Gasteiger partial charge is 0.317 e. The minimum atomic E-state index is -0.316. The van der Waals surface area contributed by atoms with Gasteiger partial charge in [0.05, 0.1) is 18.9 Å². The van der Waals surface area contributed by atoms with Crippen LogP contribution in [0.5, 0.6) is 0 Å². The number of urea groups is 1. The van der Waals surface area contributed by atoms with Gasteiger partial charge in [-0.3, -0.25) is 9.59 Å². The lowest BCUT2D eigenvalue weighted by Crippen LogP contribution is -2.47. The number of ether oxygens (including phenoxy) is 2. The molecule has 1 atom stereocenters. The van der Waals surface area contributed by atoms with Gasteiger partial charge in [0.25, 0.3) is 0 Å². The molecule has 3 fully saturated rings. The van der Waals surface area contributed by atoms with E-state index in [1.807, 2.05) is 4.90 Å². The first-order valence-corrected chi connectivity index (χ1v) is 10.6. The summed E-state index contributed by atoms with van der Waals surface area (Å²) in [6.07, 6.45) is 5.08. The fourth-order valence-electron chi connectivity index (χ4n) is 4.70. The Balaban J connectivity index is 1.62. The van der Waals surface area contributed by atoms with E-state index in [1.165, 1.54) is 6.42 Å². The van der Waals surface area contributed by atoms with Gasteiger partial charge in [0.2, 0.25) is 5.91 Å². The Morgan fingerprint density at radius 1 is 1.11 bits per heavy atom. The number of esters is 1. The van der Waals surface area contributed by atoms with Crippen molar-refractivity contribution in [3.8, 4) is 0 Å². The fraction of sp³-hybridized carbons (Fsp3) is 0.850. The molecule has 28 heavy (non-hydrogen) atoms. The van der Waals surface area contributed by atoms with Gasteiger partial charge in [0.15, 0.2) is 0 Å². The molecule has 0 aromatic carbocycles. The van der Waals surface area contributed by atoms with Crippen LogP contribution in [0.4, 0.5) is 4.79 Å². The third-order valence-electron chi connectivity index (χ3n) is 6.30. The molecule has 3 aliphatic heterocycles. The van der Waals surface area contributed by atoms with Crippen molar-refractivity contribution in [1.29, 1.82) is 0 Å². The third kappa shape index (κ3) is 4.77. The number of hydrogen-bond donors (Lipinski definition) is 1. The maximum absolute atomic E-state index is 13.3. The van der Waals surface area contributed by atoms with Gasteiger partial charge < -0.3 is 24.6 Å². The molecule has 3 amide bonds. The van der Waals surface area contributed by atoms with Crippen molar-refractivity contribution in [1.82, 2.24) is 15.1 Å². The van der Waals surface area contributed by atoms with Gasteiger partial charge in [0.1, 0.15) is 0 Å². The molecule has 0 unspecified atom stereocenters. The maximum Gasteiger partial charge on any atom is 0.317 e. The van der Waals surface area contributed by atoms with Crippen LogP contribution in [0.2, 0.25) is 0 Å². The number of carbonyl (C=O) groups is 3. The second kappa shape index (κ2) is 9.58. The highest BCUT2D eigenvalue weighted by Gasteiger charge is 2.52. The van der Waals surface area contributed by atoms with Crippen LogP contribution in [0.15, 0.2) is 0 Å². The van der Waals surface area contributed by atoms with Crippen LogP contribution < -0.4 is 5.32 Å². The summed E-state index contributed by atoms with van der Waals surface area (Å²) in [4.78, 5) is 41.1. The van der Waals surface area contributed by atoms with Crippen molar-refractivity contribution < 1.29 is 23.9 Å². The average Bonchev–Trinajstić information content (AvgIpc) is 3.07. The SMILES string of the molecule is CCOC(=O)CCNC(=O)N1C[C@@H](C(=O)N2CCCCC2)C2(CCOCC2)C1. The van der Waals surface area contributed by atoms with Crippen LogP contribution in [0.1, 0.15) is 45.4 Å². The lowest BCUT2D eigenvalue weighted by Gasteiger charge is -2.39. The van der Waals surface area contributed by atoms with Gasteiger partial charge in [-0.2, -0.15) is 0 Å². The van der Waals surface area contributed by atoms with Gasteiger partial charge >= 0.3 is 12.0 Å². The predicted octanol–water partition coefficient (Wildman–Crippen LogP) is 1.39. The van der Waals surface area contributed by atoms with Crippen LogP contribution in [-0.4, -0.2) is 80.3 Å². The number of carbonyl (C=O) groups excluding carboxylic acids is 3. The van der Waals surface area contributed by atoms with E-state index in [4.69, 9.17) is 9.47 Å². The Hall–Kier alpha value is -1.83. The normalized spacial score (nSPS) is 24.2. The van der Waals surface area contributed by atoms with E-state index in [0.717, 1.165) is 38.8 Å². The highest BCUT2D eigenvalue weighted by Crippen LogP contribution is 2.45. The van der Waals surface area contributed by atoms with Gasteiger partial charge in [-0.25, -0.2) is 4.79 Å². The van der Waals surface area contributed by atoms with Crippen molar-refractivity contribution in [2.45, 2.75) is 45.4 Å². The Kier molecular flexibility index (Phi) is 7.15. The number of amides is 3. The summed E-state index contributed by atoms with van der Waals surface area (Å²) in [6.45, 7) is 6.30. The monoisotopic (exact) mass is 395 g/mol. The number of nitrogens with zero attached hydrogens (tertiary/aromatic N) is 2. The van der Waals surface area contributed by atoms with Crippen molar-refractivity contribution in [2.24, 2.45) is 11.3 Å². The molecule has 3 heterocycles. The molecule has 0 aromatic rings. The minimum absolute atomic E-state index is 0.155. The molecule has 0 aromatic heterocycles. The number of piperidine rings is 1. The average molecular weight is 396 g/mol. The van der Waals surface area contributed by atoms with E-state index < -0.39 is 0 Å². The van der Waals surface area contributed by atoms with E-state index in [-0.39, 0.29) is 42.2 Å².